The van der Waals surface area contributed by atoms with Gasteiger partial charge in [0.2, 0.25) is 5.91 Å². The number of carbonyl (C=O) groups is 1. The van der Waals surface area contributed by atoms with Crippen molar-refractivity contribution in [2.24, 2.45) is 11.3 Å². The van der Waals surface area contributed by atoms with Crippen molar-refractivity contribution in [3.63, 3.8) is 0 Å². The SMILES string of the molecule is Cl.Cl.O=C(NCCc1nccn1Cc1ccccc1)[C@@]12CCCC[C@H]1CNC2. The second-order valence-electron chi connectivity index (χ2n) is 7.69. The molecule has 1 saturated heterocycles. The van der Waals surface area contributed by atoms with Crippen LogP contribution in [-0.2, 0) is 17.8 Å². The van der Waals surface area contributed by atoms with E-state index in [1.807, 2.05) is 18.5 Å². The lowest BCUT2D eigenvalue weighted by Crippen LogP contribution is -2.48. The van der Waals surface area contributed by atoms with Crippen LogP contribution in [-0.4, -0.2) is 35.1 Å². The van der Waals surface area contributed by atoms with E-state index in [9.17, 15) is 4.79 Å². The maximum absolute atomic E-state index is 12.9. The molecule has 1 aliphatic heterocycles. The number of nitrogens with one attached hydrogen (secondary N) is 2. The Kier molecular flexibility index (Phi) is 8.35. The number of hydrogen-bond acceptors (Lipinski definition) is 3. The molecule has 28 heavy (non-hydrogen) atoms. The molecule has 0 radical (unpaired) electrons. The Morgan fingerprint density at radius 1 is 1.25 bits per heavy atom. The summed E-state index contributed by atoms with van der Waals surface area (Å²) in [7, 11) is 0. The number of rotatable bonds is 6. The molecule has 2 aliphatic rings. The van der Waals surface area contributed by atoms with E-state index in [2.05, 4.69) is 44.5 Å². The number of amides is 1. The van der Waals surface area contributed by atoms with Crippen LogP contribution < -0.4 is 10.6 Å². The predicted octanol–water partition coefficient (Wildman–Crippen LogP) is 3.21. The third-order valence-corrected chi connectivity index (χ3v) is 6.12. The van der Waals surface area contributed by atoms with E-state index in [1.54, 1.807) is 0 Å². The summed E-state index contributed by atoms with van der Waals surface area (Å²) in [5.41, 5.74) is 1.09. The van der Waals surface area contributed by atoms with E-state index in [4.69, 9.17) is 0 Å². The summed E-state index contributed by atoms with van der Waals surface area (Å²) >= 11 is 0. The molecule has 2 fully saturated rings. The van der Waals surface area contributed by atoms with Crippen LogP contribution in [0.2, 0.25) is 0 Å². The van der Waals surface area contributed by atoms with Crippen LogP contribution in [0.1, 0.15) is 37.1 Å². The van der Waals surface area contributed by atoms with E-state index < -0.39 is 0 Å². The molecule has 0 unspecified atom stereocenters. The topological polar surface area (TPSA) is 59.0 Å². The van der Waals surface area contributed by atoms with E-state index in [-0.39, 0.29) is 36.1 Å². The van der Waals surface area contributed by atoms with E-state index >= 15 is 0 Å². The monoisotopic (exact) mass is 424 g/mol. The Morgan fingerprint density at radius 3 is 2.89 bits per heavy atom. The minimum absolute atomic E-state index is 0. The zero-order chi connectivity index (χ0) is 17.8. The largest absolute Gasteiger partial charge is 0.355 e. The summed E-state index contributed by atoms with van der Waals surface area (Å²) < 4.78 is 2.17. The standard InChI is InChI=1S/C21H28N4O.2ClH/c26-20(21-10-5-4-8-18(21)14-22-16-21)24-11-9-19-23-12-13-25(19)15-17-6-2-1-3-7-17;;/h1-3,6-7,12-13,18,22H,4-5,8-11,14-16H2,(H,24,26);2*1H/t18-,21+;;/m0../s1. The lowest BCUT2D eigenvalue weighted by Gasteiger charge is -2.37. The minimum atomic E-state index is -0.169. The zero-order valence-corrected chi connectivity index (χ0v) is 17.7. The molecular weight excluding hydrogens is 395 g/mol. The fraction of sp³-hybridized carbons (Fsp3) is 0.524. The van der Waals surface area contributed by atoms with Crippen LogP contribution >= 0.6 is 24.8 Å². The molecule has 1 aliphatic carbocycles. The normalized spacial score (nSPS) is 23.2. The van der Waals surface area contributed by atoms with Crippen molar-refractivity contribution < 1.29 is 4.79 Å². The fourth-order valence-electron chi connectivity index (χ4n) is 4.65. The molecule has 1 saturated carbocycles. The van der Waals surface area contributed by atoms with Gasteiger partial charge in [-0.3, -0.25) is 4.79 Å². The molecule has 2 N–H and O–H groups in total. The van der Waals surface area contributed by atoms with Gasteiger partial charge < -0.3 is 15.2 Å². The van der Waals surface area contributed by atoms with Crippen LogP contribution in [0, 0.1) is 11.3 Å². The Morgan fingerprint density at radius 2 is 2.07 bits per heavy atom. The predicted molar refractivity (Wildman–Crippen MR) is 116 cm³/mol. The van der Waals surface area contributed by atoms with Crippen LogP contribution in [0.3, 0.4) is 0 Å². The van der Waals surface area contributed by atoms with Crippen LogP contribution in [0.4, 0.5) is 0 Å². The van der Waals surface area contributed by atoms with Gasteiger partial charge in [0.15, 0.2) is 0 Å². The van der Waals surface area contributed by atoms with Crippen LogP contribution in [0.25, 0.3) is 0 Å². The number of benzene rings is 1. The van der Waals surface area contributed by atoms with E-state index in [0.29, 0.717) is 12.5 Å². The van der Waals surface area contributed by atoms with Gasteiger partial charge in [0.25, 0.3) is 0 Å². The highest BCUT2D eigenvalue weighted by atomic mass is 35.5. The summed E-state index contributed by atoms with van der Waals surface area (Å²) in [5, 5.41) is 6.66. The van der Waals surface area contributed by atoms with E-state index in [1.165, 1.54) is 24.8 Å². The average Bonchev–Trinajstić information content (AvgIpc) is 3.30. The minimum Gasteiger partial charge on any atom is -0.355 e. The molecule has 0 spiro atoms. The molecule has 154 valence electrons. The maximum atomic E-state index is 12.9. The highest BCUT2D eigenvalue weighted by Gasteiger charge is 2.49. The lowest BCUT2D eigenvalue weighted by molar-refractivity contribution is -0.133. The van der Waals surface area contributed by atoms with Gasteiger partial charge in [-0.25, -0.2) is 4.98 Å². The first-order chi connectivity index (χ1) is 12.8. The van der Waals surface area contributed by atoms with Crippen molar-refractivity contribution in [1.82, 2.24) is 20.2 Å². The average molecular weight is 425 g/mol. The van der Waals surface area contributed by atoms with Crippen molar-refractivity contribution in [1.29, 1.82) is 0 Å². The number of halogens is 2. The van der Waals surface area contributed by atoms with Crippen molar-refractivity contribution in [2.45, 2.75) is 38.6 Å². The Balaban J connectivity index is 0.00000140. The van der Waals surface area contributed by atoms with Crippen LogP contribution in [0.15, 0.2) is 42.7 Å². The van der Waals surface area contributed by atoms with Gasteiger partial charge in [-0.15, -0.1) is 24.8 Å². The number of imidazole rings is 1. The van der Waals surface area contributed by atoms with Crippen molar-refractivity contribution >= 4 is 30.7 Å². The first-order valence-electron chi connectivity index (χ1n) is 9.81. The molecule has 4 rings (SSSR count). The zero-order valence-electron chi connectivity index (χ0n) is 16.1. The first-order valence-corrected chi connectivity index (χ1v) is 9.81. The second kappa shape index (κ2) is 10.3. The smallest absolute Gasteiger partial charge is 0.227 e. The van der Waals surface area contributed by atoms with Gasteiger partial charge in [0.05, 0.1) is 5.41 Å². The Bertz CT molecular complexity index is 752. The molecule has 7 heteroatoms. The lowest BCUT2D eigenvalue weighted by atomic mass is 9.67. The number of aromatic nitrogens is 2. The molecule has 1 amide bonds. The molecule has 1 aromatic heterocycles. The summed E-state index contributed by atoms with van der Waals surface area (Å²) in [6.45, 7) is 3.31. The number of fused-ring (bicyclic) bond motifs is 1. The molecular formula is C21H30Cl2N4O. The van der Waals surface area contributed by atoms with E-state index in [0.717, 1.165) is 38.3 Å². The van der Waals surface area contributed by atoms with Crippen LogP contribution in [0.5, 0.6) is 0 Å². The molecule has 2 atom stereocenters. The third kappa shape index (κ3) is 4.70. The van der Waals surface area contributed by atoms with Gasteiger partial charge in [0.1, 0.15) is 5.82 Å². The quantitative estimate of drug-likeness (QED) is 0.747. The van der Waals surface area contributed by atoms with Gasteiger partial charge in [0, 0.05) is 38.4 Å². The summed E-state index contributed by atoms with van der Waals surface area (Å²) in [4.78, 5) is 17.4. The molecule has 0 bridgehead atoms. The van der Waals surface area contributed by atoms with Gasteiger partial charge in [-0.1, -0.05) is 43.2 Å². The Hall–Kier alpha value is -1.56. The molecule has 2 aromatic rings. The van der Waals surface area contributed by atoms with Crippen molar-refractivity contribution in [3.8, 4) is 0 Å². The highest BCUT2D eigenvalue weighted by Crippen LogP contribution is 2.43. The summed E-state index contributed by atoms with van der Waals surface area (Å²) in [6, 6.07) is 10.4. The number of carbonyl (C=O) groups excluding carboxylic acids is 1. The summed E-state index contributed by atoms with van der Waals surface area (Å²) in [5.74, 6) is 1.78. The number of nitrogens with zero attached hydrogens (tertiary/aromatic N) is 2. The molecule has 2 heterocycles. The van der Waals surface area contributed by atoms with Crippen molar-refractivity contribution in [3.05, 3.63) is 54.1 Å². The summed E-state index contributed by atoms with van der Waals surface area (Å²) in [6.07, 6.45) is 9.27. The second-order valence-corrected chi connectivity index (χ2v) is 7.69. The van der Waals surface area contributed by atoms with Gasteiger partial charge in [-0.2, -0.15) is 0 Å². The molecule has 5 nitrogen and oxygen atoms in total. The molecule has 1 aromatic carbocycles. The maximum Gasteiger partial charge on any atom is 0.227 e. The van der Waals surface area contributed by atoms with Gasteiger partial charge in [-0.05, 0) is 30.9 Å². The fourth-order valence-corrected chi connectivity index (χ4v) is 4.65. The number of hydrogen-bond donors (Lipinski definition) is 2. The van der Waals surface area contributed by atoms with Gasteiger partial charge >= 0.3 is 0 Å². The first kappa shape index (κ1) is 22.7. The Labute approximate surface area is 179 Å². The third-order valence-electron chi connectivity index (χ3n) is 6.12. The highest BCUT2D eigenvalue weighted by molar-refractivity contribution is 5.85. The van der Waals surface area contributed by atoms with Crippen molar-refractivity contribution in [2.75, 3.05) is 19.6 Å².